The number of amides is 1. The van der Waals surface area contributed by atoms with Crippen LogP contribution in [0.2, 0.25) is 5.02 Å². The summed E-state index contributed by atoms with van der Waals surface area (Å²) in [6.07, 6.45) is 0.865. The van der Waals surface area contributed by atoms with E-state index in [4.69, 9.17) is 11.6 Å². The molecule has 9 heteroatoms. The van der Waals surface area contributed by atoms with Gasteiger partial charge in [-0.2, -0.15) is 0 Å². The minimum Gasteiger partial charge on any atom is -0.325 e. The van der Waals surface area contributed by atoms with E-state index in [-0.39, 0.29) is 5.69 Å². The molecule has 0 atom stereocenters. The van der Waals surface area contributed by atoms with E-state index in [1.165, 1.54) is 0 Å². The number of sulfonamides is 1. The van der Waals surface area contributed by atoms with Crippen molar-refractivity contribution in [2.75, 3.05) is 22.4 Å². The van der Waals surface area contributed by atoms with E-state index in [0.717, 1.165) is 18.4 Å². The predicted molar refractivity (Wildman–Crippen MR) is 88.6 cm³/mol. The van der Waals surface area contributed by atoms with E-state index >= 15 is 0 Å². The molecule has 0 saturated carbocycles. The molecule has 0 spiro atoms. The lowest BCUT2D eigenvalue weighted by Crippen LogP contribution is -2.37. The van der Waals surface area contributed by atoms with E-state index in [9.17, 15) is 22.0 Å². The molecule has 2 aromatic rings. The first kappa shape index (κ1) is 18.2. The molecule has 128 valence electrons. The fourth-order valence-corrected chi connectivity index (χ4v) is 2.88. The maximum absolute atomic E-state index is 13.3. The average molecular weight is 375 g/mol. The summed E-state index contributed by atoms with van der Waals surface area (Å²) in [5.41, 5.74) is 0.269. The third-order valence-corrected chi connectivity index (χ3v) is 4.40. The fourth-order valence-electron chi connectivity index (χ4n) is 1.90. The van der Waals surface area contributed by atoms with E-state index in [1.54, 1.807) is 24.3 Å². The fraction of sp³-hybridized carbons (Fsp3) is 0.133. The molecule has 0 fully saturated rings. The summed E-state index contributed by atoms with van der Waals surface area (Å²) in [6.45, 7) is -0.591. The molecule has 1 N–H and O–H groups in total. The summed E-state index contributed by atoms with van der Waals surface area (Å²) in [6, 6.07) is 8.79. The van der Waals surface area contributed by atoms with Gasteiger partial charge in [-0.15, -0.1) is 0 Å². The number of carbonyl (C=O) groups excluding carboxylic acids is 1. The Bertz CT molecular complexity index is 858. The van der Waals surface area contributed by atoms with Crippen molar-refractivity contribution in [3.05, 3.63) is 59.1 Å². The van der Waals surface area contributed by atoms with Crippen LogP contribution in [-0.2, 0) is 14.8 Å². The Morgan fingerprint density at radius 1 is 1.12 bits per heavy atom. The van der Waals surface area contributed by atoms with E-state index in [2.05, 4.69) is 5.32 Å². The molecule has 0 aliphatic rings. The zero-order valence-electron chi connectivity index (χ0n) is 12.5. The first-order chi connectivity index (χ1) is 11.2. The maximum atomic E-state index is 13.3. The lowest BCUT2D eigenvalue weighted by atomic mass is 10.3. The van der Waals surface area contributed by atoms with Gasteiger partial charge in [-0.1, -0.05) is 11.6 Å². The lowest BCUT2D eigenvalue weighted by Gasteiger charge is -2.22. The summed E-state index contributed by atoms with van der Waals surface area (Å²) in [5, 5.41) is 2.98. The van der Waals surface area contributed by atoms with Crippen LogP contribution in [0, 0.1) is 11.6 Å². The third kappa shape index (κ3) is 4.65. The van der Waals surface area contributed by atoms with Gasteiger partial charge in [0.2, 0.25) is 15.9 Å². The van der Waals surface area contributed by atoms with Gasteiger partial charge in [0.1, 0.15) is 6.54 Å². The number of rotatable bonds is 5. The van der Waals surface area contributed by atoms with Gasteiger partial charge in [0.25, 0.3) is 0 Å². The Labute approximate surface area is 142 Å². The molecule has 0 aliphatic carbocycles. The van der Waals surface area contributed by atoms with Crippen molar-refractivity contribution < 1.29 is 22.0 Å². The van der Waals surface area contributed by atoms with Gasteiger partial charge in [-0.3, -0.25) is 9.10 Å². The molecule has 0 bridgehead atoms. The monoisotopic (exact) mass is 374 g/mol. The maximum Gasteiger partial charge on any atom is 0.245 e. The second-order valence-corrected chi connectivity index (χ2v) is 7.27. The zero-order chi connectivity index (χ0) is 17.9. The Morgan fingerprint density at radius 3 is 2.29 bits per heavy atom. The standard InChI is InChI=1S/C15H13ClF2N2O3S/c1-24(22,23)20(12-6-7-13(17)14(18)8-12)9-15(21)19-11-4-2-10(16)3-5-11/h2-8H,9H2,1H3,(H,19,21). The molecule has 1 amide bonds. The van der Waals surface area contributed by atoms with Crippen molar-refractivity contribution >= 4 is 38.9 Å². The largest absolute Gasteiger partial charge is 0.325 e. The van der Waals surface area contributed by atoms with Crippen LogP contribution in [-0.4, -0.2) is 27.1 Å². The van der Waals surface area contributed by atoms with Crippen LogP contribution in [0.1, 0.15) is 0 Å². The summed E-state index contributed by atoms with van der Waals surface area (Å²) in [5.74, 6) is -2.97. The van der Waals surface area contributed by atoms with Crippen LogP contribution in [0.3, 0.4) is 0 Å². The second-order valence-electron chi connectivity index (χ2n) is 4.92. The Kier molecular flexibility index (Phi) is 5.40. The number of nitrogens with zero attached hydrogens (tertiary/aromatic N) is 1. The van der Waals surface area contributed by atoms with Crippen LogP contribution in [0.15, 0.2) is 42.5 Å². The van der Waals surface area contributed by atoms with Gasteiger partial charge in [-0.25, -0.2) is 17.2 Å². The quantitative estimate of drug-likeness (QED) is 0.874. The van der Waals surface area contributed by atoms with Crippen LogP contribution in [0.5, 0.6) is 0 Å². The van der Waals surface area contributed by atoms with Gasteiger partial charge in [-0.05, 0) is 36.4 Å². The normalized spacial score (nSPS) is 11.2. The third-order valence-electron chi connectivity index (χ3n) is 3.01. The lowest BCUT2D eigenvalue weighted by molar-refractivity contribution is -0.114. The Balaban J connectivity index is 2.21. The van der Waals surface area contributed by atoms with Crippen molar-refractivity contribution in [1.29, 1.82) is 0 Å². The number of benzene rings is 2. The SMILES string of the molecule is CS(=O)(=O)N(CC(=O)Nc1ccc(Cl)cc1)c1ccc(F)c(F)c1. The molecule has 0 heterocycles. The topological polar surface area (TPSA) is 66.5 Å². The number of carbonyl (C=O) groups is 1. The summed E-state index contributed by atoms with van der Waals surface area (Å²) in [7, 11) is -3.88. The molecule has 2 rings (SSSR count). The van der Waals surface area contributed by atoms with Crippen molar-refractivity contribution in [2.24, 2.45) is 0 Å². The van der Waals surface area contributed by atoms with E-state index in [1.807, 2.05) is 0 Å². The van der Waals surface area contributed by atoms with Crippen LogP contribution in [0.25, 0.3) is 0 Å². The molecular weight excluding hydrogens is 362 g/mol. The molecule has 5 nitrogen and oxygen atoms in total. The highest BCUT2D eigenvalue weighted by Gasteiger charge is 2.22. The smallest absolute Gasteiger partial charge is 0.245 e. The highest BCUT2D eigenvalue weighted by Crippen LogP contribution is 2.21. The highest BCUT2D eigenvalue weighted by atomic mass is 35.5. The van der Waals surface area contributed by atoms with Crippen molar-refractivity contribution in [1.82, 2.24) is 0 Å². The molecule has 0 saturated heterocycles. The zero-order valence-corrected chi connectivity index (χ0v) is 14.0. The first-order valence-electron chi connectivity index (χ1n) is 6.65. The number of anilines is 2. The Morgan fingerprint density at radius 2 is 1.75 bits per heavy atom. The van der Waals surface area contributed by atoms with E-state index in [0.29, 0.717) is 21.1 Å². The minimum atomic E-state index is -3.88. The number of nitrogens with one attached hydrogen (secondary N) is 1. The van der Waals surface area contributed by atoms with E-state index < -0.39 is 34.1 Å². The van der Waals surface area contributed by atoms with Crippen LogP contribution < -0.4 is 9.62 Å². The summed E-state index contributed by atoms with van der Waals surface area (Å²) < 4.78 is 50.8. The van der Waals surface area contributed by atoms with Gasteiger partial charge < -0.3 is 5.32 Å². The molecular formula is C15H13ClF2N2O3S. The van der Waals surface area contributed by atoms with Gasteiger partial charge in [0, 0.05) is 16.8 Å². The predicted octanol–water partition coefficient (Wildman–Crippen LogP) is 3.02. The molecule has 2 aromatic carbocycles. The molecule has 24 heavy (non-hydrogen) atoms. The van der Waals surface area contributed by atoms with Crippen LogP contribution >= 0.6 is 11.6 Å². The molecule has 0 aliphatic heterocycles. The molecule has 0 unspecified atom stereocenters. The number of hydrogen-bond acceptors (Lipinski definition) is 3. The summed E-state index contributed by atoms with van der Waals surface area (Å²) in [4.78, 5) is 12.1. The number of halogens is 3. The van der Waals surface area contributed by atoms with Crippen molar-refractivity contribution in [3.63, 3.8) is 0 Å². The van der Waals surface area contributed by atoms with Gasteiger partial charge in [0.15, 0.2) is 11.6 Å². The summed E-state index contributed by atoms with van der Waals surface area (Å²) >= 11 is 5.73. The molecule has 0 aromatic heterocycles. The highest BCUT2D eigenvalue weighted by molar-refractivity contribution is 7.92. The Hall–Kier alpha value is -2.19. The van der Waals surface area contributed by atoms with Gasteiger partial charge in [0.05, 0.1) is 11.9 Å². The van der Waals surface area contributed by atoms with Gasteiger partial charge >= 0.3 is 0 Å². The van der Waals surface area contributed by atoms with Crippen molar-refractivity contribution in [2.45, 2.75) is 0 Å². The average Bonchev–Trinajstić information content (AvgIpc) is 2.49. The molecule has 0 radical (unpaired) electrons. The minimum absolute atomic E-state index is 0.150. The first-order valence-corrected chi connectivity index (χ1v) is 8.87. The van der Waals surface area contributed by atoms with Crippen LogP contribution in [0.4, 0.5) is 20.2 Å². The van der Waals surface area contributed by atoms with Crippen molar-refractivity contribution in [3.8, 4) is 0 Å². The second kappa shape index (κ2) is 7.14. The number of hydrogen-bond donors (Lipinski definition) is 1.